The molecule has 1 aliphatic carbocycles. The number of carbonyl (C=O) groups excluding carboxylic acids is 1. The van der Waals surface area contributed by atoms with Crippen LogP contribution in [-0.2, 0) is 24.7 Å². The largest absolute Gasteiger partial charge is 0.351 e. The van der Waals surface area contributed by atoms with Crippen LogP contribution in [0, 0.1) is 0 Å². The quantitative estimate of drug-likeness (QED) is 0.671. The molecule has 1 atom stereocenters. The van der Waals surface area contributed by atoms with Gasteiger partial charge in [0, 0.05) is 17.5 Å². The number of thioether (sulfide) groups is 1. The molecular weight excluding hydrogens is 342 g/mol. The molecule has 0 saturated carbocycles. The minimum Gasteiger partial charge on any atom is -0.351 e. The van der Waals surface area contributed by atoms with E-state index in [1.807, 2.05) is 27.7 Å². The summed E-state index contributed by atoms with van der Waals surface area (Å²) in [6.07, 6.45) is 3.15. The number of thiophene rings is 1. The van der Waals surface area contributed by atoms with Gasteiger partial charge in [0.25, 0.3) is 5.56 Å². The van der Waals surface area contributed by atoms with Gasteiger partial charge >= 0.3 is 0 Å². The Hall–Kier alpha value is -1.34. The molecule has 0 aromatic carbocycles. The van der Waals surface area contributed by atoms with Crippen molar-refractivity contribution in [2.24, 2.45) is 7.05 Å². The molecule has 24 heavy (non-hydrogen) atoms. The first kappa shape index (κ1) is 17.5. The van der Waals surface area contributed by atoms with Crippen LogP contribution in [-0.4, -0.2) is 26.2 Å². The lowest BCUT2D eigenvalue weighted by Gasteiger charge is -2.23. The fourth-order valence-corrected chi connectivity index (χ4v) is 5.07. The zero-order valence-corrected chi connectivity index (χ0v) is 16.4. The van der Waals surface area contributed by atoms with Gasteiger partial charge in [-0.1, -0.05) is 11.8 Å². The Balaban J connectivity index is 1.92. The molecule has 0 spiro atoms. The van der Waals surface area contributed by atoms with Crippen LogP contribution in [0.5, 0.6) is 0 Å². The molecule has 0 bridgehead atoms. The summed E-state index contributed by atoms with van der Waals surface area (Å²) in [5, 5.41) is 4.04. The molecule has 0 fully saturated rings. The molecular formula is C17H23N3O2S2. The van der Waals surface area contributed by atoms with Crippen molar-refractivity contribution >= 4 is 39.2 Å². The molecule has 1 aliphatic rings. The van der Waals surface area contributed by atoms with Crippen molar-refractivity contribution < 1.29 is 4.79 Å². The maximum absolute atomic E-state index is 12.8. The summed E-state index contributed by atoms with van der Waals surface area (Å²) < 4.78 is 1.58. The Morgan fingerprint density at radius 2 is 2.08 bits per heavy atom. The fourth-order valence-electron chi connectivity index (χ4n) is 2.89. The van der Waals surface area contributed by atoms with Crippen LogP contribution < -0.4 is 10.9 Å². The van der Waals surface area contributed by atoms with Crippen LogP contribution in [0.4, 0.5) is 0 Å². The third kappa shape index (κ3) is 3.24. The van der Waals surface area contributed by atoms with Crippen molar-refractivity contribution in [1.29, 1.82) is 0 Å². The SMILES string of the molecule is CC(Sc1nc2sc3c(c2c(=O)n1C)CCC3)C(=O)NC(C)(C)C. The van der Waals surface area contributed by atoms with E-state index in [0.29, 0.717) is 5.16 Å². The summed E-state index contributed by atoms with van der Waals surface area (Å²) in [5.41, 5.74) is 0.924. The van der Waals surface area contributed by atoms with Crippen molar-refractivity contribution in [3.8, 4) is 0 Å². The first-order valence-corrected chi connectivity index (χ1v) is 9.87. The molecule has 2 aromatic rings. The highest BCUT2D eigenvalue weighted by molar-refractivity contribution is 8.00. The second-order valence-corrected chi connectivity index (χ2v) is 9.69. The average Bonchev–Trinajstić information content (AvgIpc) is 3.02. The highest BCUT2D eigenvalue weighted by Crippen LogP contribution is 2.35. The highest BCUT2D eigenvalue weighted by atomic mass is 32.2. The third-order valence-electron chi connectivity index (χ3n) is 4.05. The van der Waals surface area contributed by atoms with Gasteiger partial charge in [-0.2, -0.15) is 0 Å². The van der Waals surface area contributed by atoms with E-state index < -0.39 is 0 Å². The van der Waals surface area contributed by atoms with E-state index in [0.717, 1.165) is 29.5 Å². The van der Waals surface area contributed by atoms with Crippen molar-refractivity contribution in [3.05, 3.63) is 20.8 Å². The Kier molecular flexibility index (Phi) is 4.51. The van der Waals surface area contributed by atoms with E-state index in [2.05, 4.69) is 10.3 Å². The number of hydrogen-bond donors (Lipinski definition) is 1. The van der Waals surface area contributed by atoms with E-state index in [4.69, 9.17) is 0 Å². The van der Waals surface area contributed by atoms with Crippen molar-refractivity contribution in [2.45, 2.75) is 62.9 Å². The van der Waals surface area contributed by atoms with E-state index >= 15 is 0 Å². The molecule has 2 heterocycles. The van der Waals surface area contributed by atoms with Gasteiger partial charge < -0.3 is 5.32 Å². The summed E-state index contributed by atoms with van der Waals surface area (Å²) in [4.78, 5) is 31.9. The minimum atomic E-state index is -0.313. The number of aryl methyl sites for hydroxylation is 2. The van der Waals surface area contributed by atoms with E-state index in [1.165, 1.54) is 22.2 Å². The minimum absolute atomic E-state index is 0.00493. The first-order chi connectivity index (χ1) is 11.2. The Bertz CT molecular complexity index is 861. The van der Waals surface area contributed by atoms with Gasteiger partial charge in [0.1, 0.15) is 4.83 Å². The van der Waals surface area contributed by atoms with Crippen LogP contribution in [0.25, 0.3) is 10.2 Å². The molecule has 130 valence electrons. The second-order valence-electron chi connectivity index (χ2n) is 7.30. The van der Waals surface area contributed by atoms with Gasteiger partial charge in [0.2, 0.25) is 5.91 Å². The van der Waals surface area contributed by atoms with Gasteiger partial charge in [-0.25, -0.2) is 4.98 Å². The van der Waals surface area contributed by atoms with Crippen LogP contribution in [0.1, 0.15) is 44.6 Å². The summed E-state index contributed by atoms with van der Waals surface area (Å²) in [7, 11) is 1.74. The molecule has 0 radical (unpaired) electrons. The maximum Gasteiger partial charge on any atom is 0.262 e. The third-order valence-corrected chi connectivity index (χ3v) is 6.38. The Labute approximate surface area is 149 Å². The summed E-state index contributed by atoms with van der Waals surface area (Å²) in [6, 6.07) is 0. The molecule has 0 aliphatic heterocycles. The lowest BCUT2D eigenvalue weighted by atomic mass is 10.1. The summed E-state index contributed by atoms with van der Waals surface area (Å²) in [6.45, 7) is 7.71. The second kappa shape index (κ2) is 6.19. The van der Waals surface area contributed by atoms with Crippen molar-refractivity contribution in [3.63, 3.8) is 0 Å². The number of nitrogens with one attached hydrogen (secondary N) is 1. The summed E-state index contributed by atoms with van der Waals surface area (Å²) >= 11 is 2.97. The topological polar surface area (TPSA) is 64.0 Å². The predicted octanol–water partition coefficient (Wildman–Crippen LogP) is 2.88. The lowest BCUT2D eigenvalue weighted by Crippen LogP contribution is -2.44. The lowest BCUT2D eigenvalue weighted by molar-refractivity contribution is -0.121. The van der Waals surface area contributed by atoms with E-state index in [1.54, 1.807) is 23.0 Å². The highest BCUT2D eigenvalue weighted by Gasteiger charge is 2.25. The number of hydrogen-bond acceptors (Lipinski definition) is 5. The molecule has 5 nitrogen and oxygen atoms in total. The zero-order chi connectivity index (χ0) is 17.6. The van der Waals surface area contributed by atoms with Crippen molar-refractivity contribution in [2.75, 3.05) is 0 Å². The van der Waals surface area contributed by atoms with Gasteiger partial charge in [0.05, 0.1) is 10.6 Å². The average molecular weight is 366 g/mol. The molecule has 7 heteroatoms. The molecule has 0 saturated heterocycles. The molecule has 1 N–H and O–H groups in total. The standard InChI is InChI=1S/C17H23N3O2S2/c1-9(13(21)19-17(2,3)4)23-16-18-14-12(15(22)20(16)5)10-7-6-8-11(10)24-14/h9H,6-8H2,1-5H3,(H,19,21). The Morgan fingerprint density at radius 3 is 2.75 bits per heavy atom. The molecule has 1 amide bonds. The van der Waals surface area contributed by atoms with Gasteiger partial charge in [-0.15, -0.1) is 11.3 Å². The number of fused-ring (bicyclic) bond motifs is 3. The Morgan fingerprint density at radius 1 is 1.38 bits per heavy atom. The number of nitrogens with zero attached hydrogens (tertiary/aromatic N) is 2. The van der Waals surface area contributed by atoms with Crippen LogP contribution in [0.15, 0.2) is 9.95 Å². The smallest absolute Gasteiger partial charge is 0.262 e. The van der Waals surface area contributed by atoms with Crippen molar-refractivity contribution in [1.82, 2.24) is 14.9 Å². The van der Waals surface area contributed by atoms with Crippen LogP contribution in [0.2, 0.25) is 0 Å². The van der Waals surface area contributed by atoms with Crippen LogP contribution in [0.3, 0.4) is 0 Å². The number of amides is 1. The zero-order valence-electron chi connectivity index (χ0n) is 14.7. The predicted molar refractivity (Wildman–Crippen MR) is 100 cm³/mol. The maximum atomic E-state index is 12.8. The molecule has 2 aromatic heterocycles. The van der Waals surface area contributed by atoms with Gasteiger partial charge in [0.15, 0.2) is 5.16 Å². The molecule has 1 unspecified atom stereocenters. The number of rotatable bonds is 3. The summed E-state index contributed by atoms with van der Waals surface area (Å²) in [5.74, 6) is -0.0458. The first-order valence-electron chi connectivity index (χ1n) is 8.17. The fraction of sp³-hybridized carbons (Fsp3) is 0.588. The van der Waals surface area contributed by atoms with E-state index in [-0.39, 0.29) is 22.3 Å². The number of aromatic nitrogens is 2. The van der Waals surface area contributed by atoms with Crippen LogP contribution >= 0.6 is 23.1 Å². The van der Waals surface area contributed by atoms with Gasteiger partial charge in [-0.05, 0) is 52.5 Å². The number of carbonyl (C=O) groups is 1. The monoisotopic (exact) mass is 365 g/mol. The van der Waals surface area contributed by atoms with Gasteiger partial charge in [-0.3, -0.25) is 14.2 Å². The normalized spacial score (nSPS) is 15.5. The molecule has 3 rings (SSSR count). The van der Waals surface area contributed by atoms with E-state index in [9.17, 15) is 9.59 Å².